The van der Waals surface area contributed by atoms with Crippen LogP contribution < -0.4 is 27.4 Å². The first-order chi connectivity index (χ1) is 22.2. The molecule has 0 unspecified atom stereocenters. The lowest BCUT2D eigenvalue weighted by atomic mass is 9.96. The highest BCUT2D eigenvalue weighted by Gasteiger charge is 2.35. The fourth-order valence-electron chi connectivity index (χ4n) is 4.91. The maximum Gasteiger partial charge on any atom is 0.407 e. The Morgan fingerprint density at radius 3 is 1.91 bits per heavy atom. The van der Waals surface area contributed by atoms with Crippen molar-refractivity contribution >= 4 is 43.3 Å². The minimum Gasteiger partial charge on any atom is -0.444 e. The van der Waals surface area contributed by atoms with Crippen molar-refractivity contribution in [2.24, 2.45) is 11.5 Å². The van der Waals surface area contributed by atoms with E-state index in [0.29, 0.717) is 35.5 Å². The van der Waals surface area contributed by atoms with Crippen LogP contribution in [0.15, 0.2) is 82.9 Å². The van der Waals surface area contributed by atoms with Crippen LogP contribution in [0.25, 0.3) is 0 Å². The number of rotatable bonds is 18. The van der Waals surface area contributed by atoms with E-state index in [4.69, 9.17) is 20.9 Å². The molecule has 4 amide bonds. The summed E-state index contributed by atoms with van der Waals surface area (Å²) in [5, 5.41) is 8.94. The molecule has 250 valence electrons. The number of nitrogens with two attached hydrogens (primary N) is 2. The summed E-state index contributed by atoms with van der Waals surface area (Å²) >= 11 is 8.49. The van der Waals surface area contributed by atoms with Crippen LogP contribution >= 0.6 is 25.3 Å². The van der Waals surface area contributed by atoms with Crippen molar-refractivity contribution in [1.82, 2.24) is 20.9 Å². The van der Waals surface area contributed by atoms with Gasteiger partial charge in [0, 0.05) is 47.4 Å². The number of hydrogen-bond acceptors (Lipinski definition) is 9. The molecule has 0 spiro atoms. The molecular weight excluding hydrogens is 625 g/mol. The predicted octanol–water partition coefficient (Wildman–Crippen LogP) is 3.48. The normalized spacial score (nSPS) is 15.3. The third kappa shape index (κ3) is 13.3. The molecule has 2 aromatic rings. The molecule has 0 heterocycles. The van der Waals surface area contributed by atoms with Crippen molar-refractivity contribution < 1.29 is 23.9 Å². The zero-order valence-electron chi connectivity index (χ0n) is 26.1. The van der Waals surface area contributed by atoms with Crippen LogP contribution in [0.1, 0.15) is 36.8 Å². The van der Waals surface area contributed by atoms with Crippen molar-refractivity contribution in [2.45, 2.75) is 62.7 Å². The molecule has 13 heteroatoms. The molecule has 1 aliphatic rings. The predicted molar refractivity (Wildman–Crippen MR) is 186 cm³/mol. The minimum atomic E-state index is -0.929. The van der Waals surface area contributed by atoms with Crippen molar-refractivity contribution in [3.63, 3.8) is 0 Å². The van der Waals surface area contributed by atoms with Gasteiger partial charge >= 0.3 is 12.1 Å². The Labute approximate surface area is 282 Å². The second-order valence-electron chi connectivity index (χ2n) is 11.2. The smallest absolute Gasteiger partial charge is 0.407 e. The summed E-state index contributed by atoms with van der Waals surface area (Å²) in [7, 11) is 1.48. The van der Waals surface area contributed by atoms with Gasteiger partial charge in [0.15, 0.2) is 0 Å². The number of hydrogen-bond donors (Lipinski definition) is 7. The standard InChI is InChI=1S/C33H46N6O5S2/c1-43-22-30(38-32(41)39(27-14-15-27)20-28(45)18-34)31(40)36-25(16-23-8-4-2-5-9-23)12-13-26(17-24-10-6-3-7-11-24)37-33(42)44-21-29(46)19-35/h2-11,18-19,25-27,30,45-46H,12-17,20-22,34-35H2,1H3,(H,36,40)(H,37,42)(H,38,41)/b28-18-,29-19-/t25-,26-,30-/m0/s1. The van der Waals surface area contributed by atoms with Crippen molar-refractivity contribution in [3.05, 3.63) is 94.0 Å². The number of nitrogens with one attached hydrogen (secondary N) is 3. The summed E-state index contributed by atoms with van der Waals surface area (Å²) < 4.78 is 10.6. The van der Waals surface area contributed by atoms with Crippen molar-refractivity contribution in [1.29, 1.82) is 0 Å². The average Bonchev–Trinajstić information content (AvgIpc) is 3.91. The summed E-state index contributed by atoms with van der Waals surface area (Å²) in [6, 6.07) is 17.8. The van der Waals surface area contributed by atoms with Gasteiger partial charge in [0.1, 0.15) is 12.6 Å². The Morgan fingerprint density at radius 1 is 0.870 bits per heavy atom. The SMILES string of the molecule is COC[C@H](NC(=O)N(C/C(S)=C/N)C1CC1)C(=O)N[C@@H](CC[C@@H](Cc1ccccc1)NC(=O)OC/C(S)=C/N)Cc1ccccc1. The molecular formula is C33H46N6O5S2. The Hall–Kier alpha value is -3.81. The largest absolute Gasteiger partial charge is 0.444 e. The quantitative estimate of drug-likeness (QED) is 0.120. The first kappa shape index (κ1) is 36.7. The highest BCUT2D eigenvalue weighted by molar-refractivity contribution is 7.84. The van der Waals surface area contributed by atoms with Gasteiger partial charge in [0.2, 0.25) is 5.91 Å². The molecule has 7 N–H and O–H groups in total. The van der Waals surface area contributed by atoms with Gasteiger partial charge in [-0.15, -0.1) is 25.3 Å². The summed E-state index contributed by atoms with van der Waals surface area (Å²) in [4.78, 5) is 42.2. The van der Waals surface area contributed by atoms with Crippen LogP contribution in [0.5, 0.6) is 0 Å². The highest BCUT2D eigenvalue weighted by atomic mass is 32.1. The molecule has 1 aliphatic carbocycles. The average molecular weight is 671 g/mol. The number of methoxy groups -OCH3 is 1. The van der Waals surface area contributed by atoms with Gasteiger partial charge in [-0.2, -0.15) is 0 Å². The lowest BCUT2D eigenvalue weighted by molar-refractivity contribution is -0.125. The molecule has 11 nitrogen and oxygen atoms in total. The van der Waals surface area contributed by atoms with Crippen LogP contribution in [0.2, 0.25) is 0 Å². The number of urea groups is 1. The monoisotopic (exact) mass is 670 g/mol. The van der Waals surface area contributed by atoms with Crippen LogP contribution in [0.4, 0.5) is 9.59 Å². The molecule has 0 aromatic heterocycles. The van der Waals surface area contributed by atoms with Gasteiger partial charge in [-0.3, -0.25) is 4.79 Å². The lowest BCUT2D eigenvalue weighted by Crippen LogP contribution is -2.55. The summed E-state index contributed by atoms with van der Waals surface area (Å²) in [6.07, 6.45) is 5.97. The van der Waals surface area contributed by atoms with E-state index in [2.05, 4.69) is 41.2 Å². The molecule has 0 radical (unpaired) electrons. The number of ether oxygens (including phenoxy) is 2. The van der Waals surface area contributed by atoms with Crippen LogP contribution in [0.3, 0.4) is 0 Å². The first-order valence-corrected chi connectivity index (χ1v) is 16.2. The summed E-state index contributed by atoms with van der Waals surface area (Å²) in [5.41, 5.74) is 13.1. The molecule has 46 heavy (non-hydrogen) atoms. The molecule has 1 fully saturated rings. The van der Waals surface area contributed by atoms with E-state index >= 15 is 0 Å². The number of carbonyl (C=O) groups is 3. The molecule has 0 saturated heterocycles. The maximum absolute atomic E-state index is 13.7. The number of amides is 4. The molecule has 1 saturated carbocycles. The zero-order valence-corrected chi connectivity index (χ0v) is 27.9. The Kier molecular flexibility index (Phi) is 15.7. The van der Waals surface area contributed by atoms with E-state index in [1.807, 2.05) is 60.7 Å². The van der Waals surface area contributed by atoms with E-state index in [1.165, 1.54) is 19.5 Å². The number of benzene rings is 2. The van der Waals surface area contributed by atoms with Gasteiger partial charge in [-0.1, -0.05) is 60.7 Å². The van der Waals surface area contributed by atoms with Gasteiger partial charge < -0.3 is 41.8 Å². The zero-order chi connectivity index (χ0) is 33.3. The maximum atomic E-state index is 13.7. The summed E-state index contributed by atoms with van der Waals surface area (Å²) in [6.45, 7) is 0.200. The first-order valence-electron chi connectivity index (χ1n) is 15.3. The number of nitrogens with zero attached hydrogens (tertiary/aromatic N) is 1. The Balaban J connectivity index is 1.73. The number of carbonyl (C=O) groups excluding carboxylic acids is 3. The minimum absolute atomic E-state index is 0.0109. The molecule has 3 rings (SSSR count). The highest BCUT2D eigenvalue weighted by Crippen LogP contribution is 2.28. The van der Waals surface area contributed by atoms with E-state index in [0.717, 1.165) is 24.0 Å². The fourth-order valence-corrected chi connectivity index (χ4v) is 5.13. The molecule has 2 aromatic carbocycles. The second-order valence-corrected chi connectivity index (χ2v) is 12.4. The molecule has 3 atom stereocenters. The third-order valence-electron chi connectivity index (χ3n) is 7.45. The molecule has 0 aliphatic heterocycles. The summed E-state index contributed by atoms with van der Waals surface area (Å²) in [5.74, 6) is -0.366. The topological polar surface area (TPSA) is 161 Å². The van der Waals surface area contributed by atoms with E-state index in [-0.39, 0.29) is 49.8 Å². The van der Waals surface area contributed by atoms with Crippen LogP contribution in [0, 0.1) is 0 Å². The number of alkyl carbamates (subject to hydrolysis) is 1. The van der Waals surface area contributed by atoms with E-state index < -0.39 is 12.1 Å². The van der Waals surface area contributed by atoms with Gasteiger partial charge in [-0.05, 0) is 49.7 Å². The third-order valence-corrected chi connectivity index (χ3v) is 8.01. The second kappa shape index (κ2) is 19.6. The fraction of sp³-hybridized carbons (Fsp3) is 0.424. The van der Waals surface area contributed by atoms with Gasteiger partial charge in [0.05, 0.1) is 13.2 Å². The number of thiol groups is 2. The van der Waals surface area contributed by atoms with Crippen molar-refractivity contribution in [2.75, 3.05) is 26.9 Å². The Bertz CT molecular complexity index is 1310. The van der Waals surface area contributed by atoms with E-state index in [9.17, 15) is 14.4 Å². The molecule has 0 bridgehead atoms. The van der Waals surface area contributed by atoms with Gasteiger partial charge in [-0.25, -0.2) is 9.59 Å². The van der Waals surface area contributed by atoms with E-state index in [1.54, 1.807) is 4.90 Å². The van der Waals surface area contributed by atoms with Crippen molar-refractivity contribution in [3.8, 4) is 0 Å². The van der Waals surface area contributed by atoms with Crippen LogP contribution in [-0.4, -0.2) is 74.0 Å². The lowest BCUT2D eigenvalue weighted by Gasteiger charge is -2.28. The Morgan fingerprint density at radius 2 is 1.41 bits per heavy atom. The van der Waals surface area contributed by atoms with Crippen LogP contribution in [-0.2, 0) is 27.1 Å². The van der Waals surface area contributed by atoms with Gasteiger partial charge in [0.25, 0.3) is 0 Å².